The maximum atomic E-state index is 12.0. The Morgan fingerprint density at radius 1 is 0.705 bits per heavy atom. The lowest BCUT2D eigenvalue weighted by molar-refractivity contribution is -0.143. The minimum Gasteiger partial charge on any atom is -0.405 e. The zero-order chi connectivity index (χ0) is 30.8. The van der Waals surface area contributed by atoms with Gasteiger partial charge in [0.2, 0.25) is 0 Å². The zero-order valence-electron chi connectivity index (χ0n) is 25.7. The molecule has 0 amide bonds. The summed E-state index contributed by atoms with van der Waals surface area (Å²) in [5, 5.41) is 14.1. The predicted octanol–water partition coefficient (Wildman–Crippen LogP) is 6.19. The third-order valence-corrected chi connectivity index (χ3v) is 13.0. The standard InChI is InChI=1S/C37H42N2O4Si/c1-37(2,3)44(31-20-12-6-13-21-31,32-22-14-7-15-23-32)43-27-34(40)36(42-26-30-18-10-5-11-19-30)35(33-24-38-28-39-33)41-25-29-16-8-4-9-17-29/h4-24,28,34-36,40H,25-27H2,1-3H3,(H,38,39)/t34-,35-,36-/m0/s1. The molecular formula is C37H42N2O4Si. The van der Waals surface area contributed by atoms with E-state index in [-0.39, 0.29) is 11.6 Å². The number of aliphatic hydroxyl groups is 1. The molecule has 4 aromatic carbocycles. The third-order valence-electron chi connectivity index (χ3n) is 7.95. The predicted molar refractivity (Wildman–Crippen MR) is 177 cm³/mol. The van der Waals surface area contributed by atoms with Crippen molar-refractivity contribution in [1.82, 2.24) is 9.97 Å². The van der Waals surface area contributed by atoms with Crippen molar-refractivity contribution in [3.63, 3.8) is 0 Å². The molecule has 228 valence electrons. The van der Waals surface area contributed by atoms with Crippen LogP contribution in [0.1, 0.15) is 43.7 Å². The lowest BCUT2D eigenvalue weighted by atomic mass is 10.1. The van der Waals surface area contributed by atoms with Gasteiger partial charge in [-0.1, -0.05) is 142 Å². The van der Waals surface area contributed by atoms with Crippen molar-refractivity contribution in [2.75, 3.05) is 6.61 Å². The van der Waals surface area contributed by atoms with E-state index in [1.807, 2.05) is 72.8 Å². The fraction of sp³-hybridized carbons (Fsp3) is 0.270. The lowest BCUT2D eigenvalue weighted by Gasteiger charge is -2.44. The molecule has 0 spiro atoms. The average molecular weight is 607 g/mol. The molecule has 5 rings (SSSR count). The fourth-order valence-corrected chi connectivity index (χ4v) is 10.4. The van der Waals surface area contributed by atoms with Gasteiger partial charge in [0.05, 0.1) is 38.0 Å². The summed E-state index contributed by atoms with van der Waals surface area (Å²) in [4.78, 5) is 7.45. The number of rotatable bonds is 14. The second kappa shape index (κ2) is 14.7. The summed E-state index contributed by atoms with van der Waals surface area (Å²) in [5.41, 5.74) is 2.75. The maximum Gasteiger partial charge on any atom is 0.261 e. The molecule has 2 N–H and O–H groups in total. The number of aromatic nitrogens is 2. The van der Waals surface area contributed by atoms with Crippen LogP contribution in [0, 0.1) is 0 Å². The smallest absolute Gasteiger partial charge is 0.261 e. The molecule has 6 nitrogen and oxygen atoms in total. The average Bonchev–Trinajstić information content (AvgIpc) is 3.59. The Balaban J connectivity index is 1.48. The molecule has 44 heavy (non-hydrogen) atoms. The van der Waals surface area contributed by atoms with Gasteiger partial charge >= 0.3 is 0 Å². The summed E-state index contributed by atoms with van der Waals surface area (Å²) in [5.74, 6) is 0. The molecule has 7 heteroatoms. The number of H-pyrrole nitrogens is 1. The maximum absolute atomic E-state index is 12.0. The number of nitrogens with one attached hydrogen (secondary N) is 1. The van der Waals surface area contributed by atoms with Crippen LogP contribution in [0.15, 0.2) is 134 Å². The fourth-order valence-electron chi connectivity index (χ4n) is 5.78. The van der Waals surface area contributed by atoms with E-state index < -0.39 is 26.6 Å². The van der Waals surface area contributed by atoms with Gasteiger partial charge in [-0.05, 0) is 26.5 Å². The highest BCUT2D eigenvalue weighted by Gasteiger charge is 2.51. The van der Waals surface area contributed by atoms with Crippen molar-refractivity contribution in [2.24, 2.45) is 0 Å². The van der Waals surface area contributed by atoms with Crippen LogP contribution < -0.4 is 10.4 Å². The van der Waals surface area contributed by atoms with E-state index in [1.54, 1.807) is 12.5 Å². The van der Waals surface area contributed by atoms with E-state index >= 15 is 0 Å². The summed E-state index contributed by atoms with van der Waals surface area (Å²) in [7, 11) is -2.89. The van der Waals surface area contributed by atoms with Crippen molar-refractivity contribution >= 4 is 18.7 Å². The number of aromatic amines is 1. The minimum atomic E-state index is -2.89. The van der Waals surface area contributed by atoms with Crippen molar-refractivity contribution in [2.45, 2.75) is 57.3 Å². The molecule has 0 aliphatic carbocycles. The highest BCUT2D eigenvalue weighted by atomic mass is 28.4. The summed E-state index contributed by atoms with van der Waals surface area (Å²) in [6.45, 7) is 7.40. The minimum absolute atomic E-state index is 0.0616. The number of ether oxygens (including phenoxy) is 2. The Labute approximate surface area is 261 Å². The molecule has 0 aliphatic rings. The van der Waals surface area contributed by atoms with Crippen LogP contribution >= 0.6 is 0 Å². The monoisotopic (exact) mass is 606 g/mol. The van der Waals surface area contributed by atoms with Crippen LogP contribution in [0.3, 0.4) is 0 Å². The molecule has 0 aliphatic heterocycles. The molecule has 1 aromatic heterocycles. The summed E-state index contributed by atoms with van der Waals surface area (Å²) in [6.07, 6.45) is 0.957. The van der Waals surface area contributed by atoms with Crippen molar-refractivity contribution < 1.29 is 19.0 Å². The van der Waals surface area contributed by atoms with E-state index in [4.69, 9.17) is 13.9 Å². The highest BCUT2D eigenvalue weighted by Crippen LogP contribution is 2.37. The molecule has 0 saturated carbocycles. The Bertz CT molecular complexity index is 1470. The second-order valence-corrected chi connectivity index (χ2v) is 16.3. The van der Waals surface area contributed by atoms with E-state index in [9.17, 15) is 5.11 Å². The molecule has 5 aromatic rings. The van der Waals surface area contributed by atoms with E-state index in [0.717, 1.165) is 27.2 Å². The molecule has 0 saturated heterocycles. The summed E-state index contributed by atoms with van der Waals surface area (Å²) in [6, 6.07) is 40.8. The number of hydrogen-bond acceptors (Lipinski definition) is 5. The van der Waals surface area contributed by atoms with Gasteiger partial charge in [-0.25, -0.2) is 4.98 Å². The SMILES string of the molecule is CC(C)(C)[Si](OC[C@H](O)[C@H](OCc1ccccc1)[C@@H](OCc1ccccc1)c1cnc[nH]1)(c1ccccc1)c1ccccc1. The van der Waals surface area contributed by atoms with Crippen molar-refractivity contribution in [3.8, 4) is 0 Å². The molecule has 0 bridgehead atoms. The number of aliphatic hydroxyl groups excluding tert-OH is 1. The van der Waals surface area contributed by atoms with Gasteiger partial charge in [-0.2, -0.15) is 0 Å². The van der Waals surface area contributed by atoms with Gasteiger partial charge in [0, 0.05) is 0 Å². The van der Waals surface area contributed by atoms with Crippen LogP contribution in [0.25, 0.3) is 0 Å². The van der Waals surface area contributed by atoms with E-state index in [1.165, 1.54) is 0 Å². The second-order valence-electron chi connectivity index (χ2n) is 12.0. The third kappa shape index (κ3) is 7.43. The van der Waals surface area contributed by atoms with Gasteiger partial charge in [0.15, 0.2) is 0 Å². The molecule has 3 atom stereocenters. The molecular weight excluding hydrogens is 565 g/mol. The quantitative estimate of drug-likeness (QED) is 0.148. The van der Waals surface area contributed by atoms with Gasteiger partial charge in [-0.15, -0.1) is 0 Å². The van der Waals surface area contributed by atoms with Gasteiger partial charge in [0.25, 0.3) is 8.32 Å². The van der Waals surface area contributed by atoms with Crippen LogP contribution in [0.2, 0.25) is 5.04 Å². The molecule has 1 heterocycles. The molecule has 0 fully saturated rings. The first-order valence-corrected chi connectivity index (χ1v) is 17.0. The van der Waals surface area contributed by atoms with Crippen LogP contribution in [0.5, 0.6) is 0 Å². The van der Waals surface area contributed by atoms with E-state index in [2.05, 4.69) is 79.3 Å². The summed E-state index contributed by atoms with van der Waals surface area (Å²) < 4.78 is 20.2. The zero-order valence-corrected chi connectivity index (χ0v) is 26.7. The Morgan fingerprint density at radius 3 is 1.64 bits per heavy atom. The topological polar surface area (TPSA) is 76.6 Å². The van der Waals surface area contributed by atoms with Gasteiger partial charge in [-0.3, -0.25) is 0 Å². The Kier molecular flexibility index (Phi) is 10.6. The first-order chi connectivity index (χ1) is 21.4. The number of hydrogen-bond donors (Lipinski definition) is 2. The van der Waals surface area contributed by atoms with Gasteiger partial charge < -0.3 is 24.0 Å². The molecule has 0 unspecified atom stereocenters. The largest absolute Gasteiger partial charge is 0.405 e. The van der Waals surface area contributed by atoms with Crippen LogP contribution in [0.4, 0.5) is 0 Å². The number of benzene rings is 4. The Hall–Kier alpha value is -3.85. The Morgan fingerprint density at radius 2 is 1.18 bits per heavy atom. The van der Waals surface area contributed by atoms with Crippen LogP contribution in [-0.2, 0) is 27.1 Å². The molecule has 0 radical (unpaired) electrons. The van der Waals surface area contributed by atoms with Crippen LogP contribution in [-0.4, -0.2) is 42.2 Å². The first-order valence-electron chi connectivity index (χ1n) is 15.1. The normalized spacial score (nSPS) is 14.2. The number of imidazole rings is 1. The highest BCUT2D eigenvalue weighted by molar-refractivity contribution is 6.99. The van der Waals surface area contributed by atoms with Crippen molar-refractivity contribution in [1.29, 1.82) is 0 Å². The summed E-state index contributed by atoms with van der Waals surface area (Å²) >= 11 is 0. The lowest BCUT2D eigenvalue weighted by Crippen LogP contribution is -2.67. The first kappa shape index (κ1) is 31.6. The van der Waals surface area contributed by atoms with E-state index in [0.29, 0.717) is 13.2 Å². The number of nitrogens with zero attached hydrogens (tertiary/aromatic N) is 1. The van der Waals surface area contributed by atoms with Gasteiger partial charge in [0.1, 0.15) is 18.3 Å². The van der Waals surface area contributed by atoms with Crippen molar-refractivity contribution in [3.05, 3.63) is 151 Å².